The van der Waals surface area contributed by atoms with Gasteiger partial charge in [0.2, 0.25) is 10.0 Å². The van der Waals surface area contributed by atoms with E-state index in [0.717, 1.165) is 49.4 Å². The number of nitrogens with one attached hydrogen (secondary N) is 1. The topological polar surface area (TPSA) is 105 Å². The van der Waals surface area contributed by atoms with E-state index in [1.54, 1.807) is 24.3 Å². The van der Waals surface area contributed by atoms with Crippen LogP contribution in [-0.4, -0.2) is 63.2 Å². The van der Waals surface area contributed by atoms with Gasteiger partial charge >= 0.3 is 0 Å². The highest BCUT2D eigenvalue weighted by molar-refractivity contribution is 7.90. The molecule has 0 unspecified atom stereocenters. The number of anilines is 1. The van der Waals surface area contributed by atoms with Gasteiger partial charge in [-0.15, -0.1) is 0 Å². The maximum Gasteiger partial charge on any atom is 0.264 e. The van der Waals surface area contributed by atoms with Gasteiger partial charge in [-0.25, -0.2) is 13.1 Å². The summed E-state index contributed by atoms with van der Waals surface area (Å²) in [5.41, 5.74) is 2.20. The van der Waals surface area contributed by atoms with Gasteiger partial charge in [0.05, 0.1) is 36.4 Å². The summed E-state index contributed by atoms with van der Waals surface area (Å²) in [6.07, 6.45) is 8.83. The number of hydrogen-bond acceptors (Lipinski definition) is 7. The van der Waals surface area contributed by atoms with E-state index in [4.69, 9.17) is 21.1 Å². The highest BCUT2D eigenvalue weighted by atomic mass is 35.5. The second kappa shape index (κ2) is 10.5. The zero-order valence-corrected chi connectivity index (χ0v) is 25.1. The number of sulfonamides is 1. The second-order valence-electron chi connectivity index (χ2n) is 12.9. The van der Waals surface area contributed by atoms with Gasteiger partial charge in [0.25, 0.3) is 5.91 Å². The molecule has 224 valence electrons. The first-order valence-electron chi connectivity index (χ1n) is 15.0. The van der Waals surface area contributed by atoms with Gasteiger partial charge in [0, 0.05) is 41.9 Å². The fourth-order valence-electron chi connectivity index (χ4n) is 7.81. The summed E-state index contributed by atoms with van der Waals surface area (Å²) in [6, 6.07) is 11.4. The Bertz CT molecular complexity index is 1550. The highest BCUT2D eigenvalue weighted by Crippen LogP contribution is 2.48. The van der Waals surface area contributed by atoms with Crippen LogP contribution < -0.4 is 14.4 Å². The number of aliphatic hydroxyl groups is 1. The van der Waals surface area contributed by atoms with Crippen molar-refractivity contribution in [1.82, 2.24) is 4.72 Å². The molecule has 8 nitrogen and oxygen atoms in total. The molecule has 0 aromatic heterocycles. The summed E-state index contributed by atoms with van der Waals surface area (Å²) < 4.78 is 40.6. The molecule has 4 bridgehead atoms. The lowest BCUT2D eigenvalue weighted by Gasteiger charge is -2.48. The third kappa shape index (κ3) is 5.23. The molecule has 2 fully saturated rings. The molecule has 2 N–H and O–H groups in total. The molecule has 0 radical (unpaired) electrons. The van der Waals surface area contributed by atoms with Crippen molar-refractivity contribution in [3.8, 4) is 5.75 Å². The molecule has 7 rings (SSSR count). The molecule has 1 saturated carbocycles. The van der Waals surface area contributed by atoms with Crippen LogP contribution in [0.2, 0.25) is 5.02 Å². The molecule has 2 aromatic rings. The Hall–Kier alpha value is -2.59. The number of ether oxygens (including phenoxy) is 2. The van der Waals surface area contributed by atoms with Gasteiger partial charge in [0.1, 0.15) is 5.75 Å². The number of rotatable bonds is 0. The van der Waals surface area contributed by atoms with Gasteiger partial charge in [-0.05, 0) is 85.4 Å². The molecule has 1 spiro atoms. The van der Waals surface area contributed by atoms with Gasteiger partial charge in [-0.1, -0.05) is 29.8 Å². The molecular weight excluding hydrogens is 576 g/mol. The van der Waals surface area contributed by atoms with Gasteiger partial charge in [0.15, 0.2) is 0 Å². The van der Waals surface area contributed by atoms with Gasteiger partial charge < -0.3 is 19.5 Å². The summed E-state index contributed by atoms with van der Waals surface area (Å²) in [5.74, 6) is 0.250. The summed E-state index contributed by atoms with van der Waals surface area (Å²) >= 11 is 6.39. The number of aryl methyl sites for hydroxylation is 1. The number of hydrogen-bond donors (Lipinski definition) is 2. The monoisotopic (exact) mass is 612 g/mol. The van der Waals surface area contributed by atoms with E-state index in [0.29, 0.717) is 44.3 Å². The maximum atomic E-state index is 13.2. The third-order valence-electron chi connectivity index (χ3n) is 10.1. The van der Waals surface area contributed by atoms with Crippen LogP contribution in [0, 0.1) is 11.8 Å². The van der Waals surface area contributed by atoms with E-state index >= 15 is 0 Å². The van der Waals surface area contributed by atoms with E-state index in [9.17, 15) is 18.3 Å². The normalized spacial score (nSPS) is 34.6. The van der Waals surface area contributed by atoms with Gasteiger partial charge in [-0.2, -0.15) is 0 Å². The largest absolute Gasteiger partial charge is 0.490 e. The first-order chi connectivity index (χ1) is 20.1. The molecule has 42 heavy (non-hydrogen) atoms. The van der Waals surface area contributed by atoms with E-state index < -0.39 is 27.3 Å². The van der Waals surface area contributed by atoms with E-state index in [-0.39, 0.29) is 23.0 Å². The first-order valence-corrected chi connectivity index (χ1v) is 17.0. The van der Waals surface area contributed by atoms with Crippen molar-refractivity contribution in [1.29, 1.82) is 0 Å². The van der Waals surface area contributed by atoms with E-state index in [1.807, 2.05) is 6.07 Å². The quantitative estimate of drug-likeness (QED) is 0.426. The van der Waals surface area contributed by atoms with Crippen LogP contribution in [0.15, 0.2) is 48.6 Å². The summed E-state index contributed by atoms with van der Waals surface area (Å²) in [4.78, 5) is 15.6. The van der Waals surface area contributed by atoms with Gasteiger partial charge in [-0.3, -0.25) is 4.79 Å². The Morgan fingerprint density at radius 3 is 2.83 bits per heavy atom. The smallest absolute Gasteiger partial charge is 0.264 e. The maximum absolute atomic E-state index is 13.2. The summed E-state index contributed by atoms with van der Waals surface area (Å²) in [7, 11) is -3.96. The Morgan fingerprint density at radius 2 is 2.00 bits per heavy atom. The SMILES string of the molecule is O=C1NS(=O)(=O)C/C=C/[C@@]2(O)CCO[C@@H](C2)[C@@H]2CC[C@H]2CN2C[C@@]3(CCCc4cc(Cl)ccc43)COc3ccc1cc32. The number of benzene rings is 2. The Kier molecular flexibility index (Phi) is 7.08. The summed E-state index contributed by atoms with van der Waals surface area (Å²) in [5, 5.41) is 12.1. The zero-order chi connectivity index (χ0) is 29.1. The number of carbonyl (C=O) groups excluding carboxylic acids is 1. The lowest BCUT2D eigenvalue weighted by molar-refractivity contribution is -0.125. The molecule has 2 aliphatic carbocycles. The van der Waals surface area contributed by atoms with Crippen LogP contribution in [0.25, 0.3) is 0 Å². The Labute approximate surface area is 252 Å². The fourth-order valence-corrected chi connectivity index (χ4v) is 8.84. The fraction of sp³-hybridized carbons (Fsp3) is 0.531. The molecule has 1 saturated heterocycles. The number of amides is 1. The predicted molar refractivity (Wildman–Crippen MR) is 161 cm³/mol. The molecule has 1 amide bonds. The molecule has 2 aromatic carbocycles. The Morgan fingerprint density at radius 1 is 1.12 bits per heavy atom. The van der Waals surface area contributed by atoms with Crippen LogP contribution in [0.1, 0.15) is 60.0 Å². The lowest BCUT2D eigenvalue weighted by atomic mass is 9.66. The lowest BCUT2D eigenvalue weighted by Crippen LogP contribution is -2.52. The number of carbonyl (C=O) groups is 1. The van der Waals surface area contributed by atoms with E-state index in [2.05, 4.69) is 21.8 Å². The average Bonchev–Trinajstić information content (AvgIpc) is 3.07. The van der Waals surface area contributed by atoms with Crippen molar-refractivity contribution in [2.75, 3.05) is 37.0 Å². The van der Waals surface area contributed by atoms with Crippen molar-refractivity contribution >= 4 is 33.2 Å². The second-order valence-corrected chi connectivity index (χ2v) is 15.1. The molecule has 10 heteroatoms. The minimum Gasteiger partial charge on any atom is -0.490 e. The predicted octanol–water partition coefficient (Wildman–Crippen LogP) is 4.38. The van der Waals surface area contributed by atoms with Crippen LogP contribution in [0.4, 0.5) is 5.69 Å². The molecule has 3 heterocycles. The molecule has 5 aliphatic rings. The number of halogens is 1. The van der Waals surface area contributed by atoms with Crippen molar-refractivity contribution in [2.45, 2.75) is 62.1 Å². The highest BCUT2D eigenvalue weighted by Gasteiger charge is 2.47. The van der Waals surface area contributed by atoms with Crippen molar-refractivity contribution < 1.29 is 27.8 Å². The van der Waals surface area contributed by atoms with Crippen LogP contribution in [-0.2, 0) is 26.6 Å². The molecular formula is C32H37ClN2O6S. The van der Waals surface area contributed by atoms with Crippen LogP contribution >= 0.6 is 11.6 Å². The minimum atomic E-state index is -3.96. The van der Waals surface area contributed by atoms with Crippen LogP contribution in [0.3, 0.4) is 0 Å². The van der Waals surface area contributed by atoms with Crippen molar-refractivity contribution in [3.63, 3.8) is 0 Å². The standard InChI is InChI=1S/C32H37ClN2O6S/c33-24-6-8-26-21(15-24)3-1-10-31(26)19-35-18-23-4-7-25(23)29-17-32(37,12-13-40-29)11-2-14-42(38,39)34-30(36)22-5-9-28(41-20-31)27(35)16-22/h2,5-6,8-9,11,15-16,23,25,29,37H,1,3-4,7,10,12-14,17-20H2,(H,34,36)/b11-2+/t23-,25+,29-,31-,32+/m0/s1. The average molecular weight is 613 g/mol. The Balaban J connectivity index is 1.30. The summed E-state index contributed by atoms with van der Waals surface area (Å²) in [6.45, 7) is 2.39. The van der Waals surface area contributed by atoms with Crippen molar-refractivity contribution in [2.24, 2.45) is 11.8 Å². The number of nitrogens with zero attached hydrogens (tertiary/aromatic N) is 1. The van der Waals surface area contributed by atoms with Crippen LogP contribution in [0.5, 0.6) is 5.75 Å². The molecule has 3 aliphatic heterocycles. The van der Waals surface area contributed by atoms with E-state index in [1.165, 1.54) is 17.2 Å². The third-order valence-corrected chi connectivity index (χ3v) is 11.5. The van der Waals surface area contributed by atoms with Crippen molar-refractivity contribution in [3.05, 3.63) is 70.3 Å². The number of fused-ring (bicyclic) bond motifs is 7. The zero-order valence-electron chi connectivity index (χ0n) is 23.6. The minimum absolute atomic E-state index is 0.100. The first kappa shape index (κ1) is 28.2. The molecule has 5 atom stereocenters.